The van der Waals surface area contributed by atoms with E-state index >= 15 is 0 Å². The van der Waals surface area contributed by atoms with E-state index in [1.807, 2.05) is 69.5 Å². The maximum absolute atomic E-state index is 12.6. The van der Waals surface area contributed by atoms with E-state index < -0.39 is 11.1 Å². The number of hydroxylamine groups is 3. The molecule has 1 aliphatic heterocycles. The van der Waals surface area contributed by atoms with Gasteiger partial charge in [0, 0.05) is 5.21 Å². The smallest absolute Gasteiger partial charge is 0.326 e. The monoisotopic (exact) mass is 315 g/mol. The van der Waals surface area contributed by atoms with Gasteiger partial charge in [0.25, 0.3) is 0 Å². The predicted molar refractivity (Wildman–Crippen MR) is 88.2 cm³/mol. The maximum atomic E-state index is 12.6. The summed E-state index contributed by atoms with van der Waals surface area (Å²) in [6.07, 6.45) is 0. The van der Waals surface area contributed by atoms with Crippen molar-refractivity contribution >= 4 is 17.2 Å². The Bertz CT molecular complexity index is 732. The van der Waals surface area contributed by atoms with Crippen molar-refractivity contribution in [1.82, 2.24) is 5.06 Å². The van der Waals surface area contributed by atoms with Crippen molar-refractivity contribution < 1.29 is 9.95 Å². The summed E-state index contributed by atoms with van der Waals surface area (Å²) in [5, 5.41) is 28.1. The molecular formula is C17H19N2O2S. The van der Waals surface area contributed by atoms with Crippen LogP contribution in [0.3, 0.4) is 0 Å². The van der Waals surface area contributed by atoms with Gasteiger partial charge in [-0.15, -0.1) is 11.3 Å². The molecule has 1 aliphatic rings. The first-order valence-electron chi connectivity index (χ1n) is 7.23. The third-order valence-electron chi connectivity index (χ3n) is 4.82. The van der Waals surface area contributed by atoms with Crippen LogP contribution in [0.4, 0.5) is 0 Å². The zero-order valence-corrected chi connectivity index (χ0v) is 14.0. The fourth-order valence-electron chi connectivity index (χ4n) is 2.54. The van der Waals surface area contributed by atoms with Crippen molar-refractivity contribution in [3.05, 3.63) is 51.9 Å². The summed E-state index contributed by atoms with van der Waals surface area (Å²) in [6.45, 7) is 7.24. The Morgan fingerprint density at radius 2 is 1.73 bits per heavy atom. The van der Waals surface area contributed by atoms with Crippen LogP contribution in [0.15, 0.2) is 41.8 Å². The van der Waals surface area contributed by atoms with E-state index in [1.165, 1.54) is 11.3 Å². The van der Waals surface area contributed by atoms with Gasteiger partial charge in [-0.05, 0) is 50.3 Å². The van der Waals surface area contributed by atoms with E-state index in [2.05, 4.69) is 0 Å². The number of hydrogen-bond donors (Lipinski definition) is 0. The van der Waals surface area contributed by atoms with Crippen LogP contribution in [0.5, 0.6) is 0 Å². The topological polar surface area (TPSA) is 49.2 Å². The largest absolute Gasteiger partial charge is 0.714 e. The summed E-state index contributed by atoms with van der Waals surface area (Å²) in [5.41, 5.74) is 0.552. The molecule has 3 rings (SSSR count). The fraction of sp³-hybridized carbons (Fsp3) is 0.353. The van der Waals surface area contributed by atoms with Gasteiger partial charge < -0.3 is 5.21 Å². The molecule has 2 heterocycles. The number of nitrogens with zero attached hydrogens (tertiary/aromatic N) is 2. The van der Waals surface area contributed by atoms with E-state index in [0.29, 0.717) is 4.88 Å². The maximum Gasteiger partial charge on any atom is 0.326 e. The molecule has 0 amide bonds. The van der Waals surface area contributed by atoms with Gasteiger partial charge in [-0.3, -0.25) is 4.74 Å². The van der Waals surface area contributed by atoms with Crippen molar-refractivity contribution in [2.45, 2.75) is 38.8 Å². The average molecular weight is 315 g/mol. The first kappa shape index (κ1) is 15.1. The Morgan fingerprint density at radius 1 is 1.09 bits per heavy atom. The van der Waals surface area contributed by atoms with Gasteiger partial charge in [0.15, 0.2) is 5.54 Å². The molecule has 115 valence electrons. The Kier molecular flexibility index (Phi) is 3.30. The molecule has 22 heavy (non-hydrogen) atoms. The fourth-order valence-corrected chi connectivity index (χ4v) is 3.47. The Hall–Kier alpha value is -1.85. The Balaban J connectivity index is 2.06. The minimum Gasteiger partial charge on any atom is -0.714 e. The molecule has 0 saturated carbocycles. The minimum atomic E-state index is -0.777. The predicted octanol–water partition coefficient (Wildman–Crippen LogP) is 3.89. The second-order valence-corrected chi connectivity index (χ2v) is 7.51. The van der Waals surface area contributed by atoms with Gasteiger partial charge in [-0.1, -0.05) is 35.4 Å². The lowest BCUT2D eigenvalue weighted by molar-refractivity contribution is -0.539. The van der Waals surface area contributed by atoms with E-state index in [-0.39, 0.29) is 5.84 Å². The minimum absolute atomic E-state index is 0.210. The summed E-state index contributed by atoms with van der Waals surface area (Å²) in [7, 11) is 0. The van der Waals surface area contributed by atoms with Crippen LogP contribution in [0.1, 0.15) is 32.6 Å². The third-order valence-corrected chi connectivity index (χ3v) is 5.75. The Labute approximate surface area is 134 Å². The highest BCUT2D eigenvalue weighted by Gasteiger charge is 2.60. The average Bonchev–Trinajstić information content (AvgIpc) is 3.00. The van der Waals surface area contributed by atoms with E-state index in [4.69, 9.17) is 0 Å². The molecule has 0 N–H and O–H groups in total. The quantitative estimate of drug-likeness (QED) is 0.623. The van der Waals surface area contributed by atoms with E-state index in [1.54, 1.807) is 0 Å². The van der Waals surface area contributed by atoms with Gasteiger partial charge in [0.05, 0.1) is 0 Å². The number of amidine groups is 1. The lowest BCUT2D eigenvalue weighted by Crippen LogP contribution is -2.53. The molecule has 1 aromatic heterocycles. The number of rotatable bonds is 2. The molecule has 1 radical (unpaired) electrons. The molecule has 0 aliphatic carbocycles. The van der Waals surface area contributed by atoms with Gasteiger partial charge in [0.2, 0.25) is 0 Å². The van der Waals surface area contributed by atoms with Crippen LogP contribution < -0.4 is 0 Å². The zero-order valence-electron chi connectivity index (χ0n) is 13.2. The van der Waals surface area contributed by atoms with Gasteiger partial charge >= 0.3 is 5.84 Å². The van der Waals surface area contributed by atoms with Crippen LogP contribution in [-0.4, -0.2) is 26.7 Å². The molecule has 4 nitrogen and oxygen atoms in total. The number of benzene rings is 1. The number of thiophene rings is 1. The highest BCUT2D eigenvalue weighted by atomic mass is 32.1. The van der Waals surface area contributed by atoms with Crippen LogP contribution in [0.25, 0.3) is 11.1 Å². The summed E-state index contributed by atoms with van der Waals surface area (Å²) < 4.78 is 0.862. The van der Waals surface area contributed by atoms with Crippen molar-refractivity contribution in [3.63, 3.8) is 0 Å². The molecule has 1 aromatic carbocycles. The summed E-state index contributed by atoms with van der Waals surface area (Å²) in [5.74, 6) is 0.210. The lowest BCUT2D eigenvalue weighted by Gasteiger charge is -2.32. The molecule has 0 unspecified atom stereocenters. The van der Waals surface area contributed by atoms with Gasteiger partial charge in [0.1, 0.15) is 10.4 Å². The highest BCUT2D eigenvalue weighted by molar-refractivity contribution is 7.12. The number of hydrogen-bond acceptors (Lipinski definition) is 3. The molecular weight excluding hydrogens is 296 g/mol. The first-order valence-corrected chi connectivity index (χ1v) is 8.11. The van der Waals surface area contributed by atoms with Crippen LogP contribution in [0.2, 0.25) is 0 Å². The van der Waals surface area contributed by atoms with Gasteiger partial charge in [-0.25, -0.2) is 0 Å². The van der Waals surface area contributed by atoms with Crippen LogP contribution >= 0.6 is 11.3 Å². The summed E-state index contributed by atoms with van der Waals surface area (Å²) in [4.78, 5) is 0.711. The lowest BCUT2D eigenvalue weighted by atomic mass is 9.84. The molecule has 0 atom stereocenters. The van der Waals surface area contributed by atoms with E-state index in [9.17, 15) is 10.4 Å². The normalized spacial score (nSPS) is 19.8. The van der Waals surface area contributed by atoms with Crippen molar-refractivity contribution in [2.75, 3.05) is 0 Å². The standard InChI is InChI=1S/C17H19N2O2S/c1-16(2)17(3,4)19(21)15(18(16)20)14-10-13(11-22-14)12-8-6-5-7-9-12/h5-11H,1-4H3. The van der Waals surface area contributed by atoms with Crippen molar-refractivity contribution in [2.24, 2.45) is 0 Å². The van der Waals surface area contributed by atoms with E-state index in [0.717, 1.165) is 20.9 Å². The molecule has 5 heteroatoms. The molecule has 2 aromatic rings. The first-order chi connectivity index (χ1) is 10.3. The van der Waals surface area contributed by atoms with Crippen LogP contribution in [0, 0.1) is 5.21 Å². The SMILES string of the molecule is CC1(C)N([O])C(c2cc(-c3ccccc3)cs2)=[N+]([O-])C1(C)C. The highest BCUT2D eigenvalue weighted by Crippen LogP contribution is 2.39. The molecule has 0 bridgehead atoms. The second kappa shape index (κ2) is 4.83. The summed E-state index contributed by atoms with van der Waals surface area (Å²) in [6, 6.07) is 11.9. The van der Waals surface area contributed by atoms with Crippen molar-refractivity contribution in [1.29, 1.82) is 0 Å². The second-order valence-electron chi connectivity index (χ2n) is 6.60. The van der Waals surface area contributed by atoms with Gasteiger partial charge in [-0.2, -0.15) is 0 Å². The summed E-state index contributed by atoms with van der Waals surface area (Å²) >= 11 is 1.43. The van der Waals surface area contributed by atoms with Crippen molar-refractivity contribution in [3.8, 4) is 11.1 Å². The molecule has 0 saturated heterocycles. The Morgan fingerprint density at radius 3 is 2.27 bits per heavy atom. The zero-order chi connectivity index (χ0) is 16.1. The van der Waals surface area contributed by atoms with Crippen LogP contribution in [-0.2, 0) is 5.21 Å². The molecule has 0 spiro atoms. The third kappa shape index (κ3) is 1.96. The molecule has 0 fully saturated rings.